The Labute approximate surface area is 114 Å². The van der Waals surface area contributed by atoms with E-state index in [1.165, 1.54) is 19.2 Å². The number of methoxy groups -OCH3 is 1. The fourth-order valence-electron chi connectivity index (χ4n) is 1.82. The number of hydrogen-bond donors (Lipinski definition) is 1. The summed E-state index contributed by atoms with van der Waals surface area (Å²) in [6.07, 6.45) is -0.509. The van der Waals surface area contributed by atoms with Gasteiger partial charge in [0.05, 0.1) is 6.04 Å². The van der Waals surface area contributed by atoms with E-state index >= 15 is 0 Å². The molecule has 1 rings (SSSR count). The fourth-order valence-corrected chi connectivity index (χ4v) is 1.82. The van der Waals surface area contributed by atoms with Crippen molar-refractivity contribution in [2.45, 2.75) is 39.8 Å². The standard InChI is InChI=1S/C15H22FNO2/c1-10(19-5)14(18)17-13(15(2,3)4)11-6-8-12(16)9-7-11/h6-10,13H,1-5H3,(H,17,18). The van der Waals surface area contributed by atoms with Crippen LogP contribution in [0.2, 0.25) is 0 Å². The molecule has 4 heteroatoms. The minimum absolute atomic E-state index is 0.174. The lowest BCUT2D eigenvalue weighted by molar-refractivity contribution is -0.131. The van der Waals surface area contributed by atoms with Crippen molar-refractivity contribution in [3.05, 3.63) is 35.6 Å². The Balaban J connectivity index is 2.97. The van der Waals surface area contributed by atoms with Crippen molar-refractivity contribution in [3.8, 4) is 0 Å². The highest BCUT2D eigenvalue weighted by Gasteiger charge is 2.29. The largest absolute Gasteiger partial charge is 0.372 e. The van der Waals surface area contributed by atoms with Crippen molar-refractivity contribution in [1.29, 1.82) is 0 Å². The second kappa shape index (κ2) is 6.15. The average Bonchev–Trinajstić information content (AvgIpc) is 2.34. The number of hydrogen-bond acceptors (Lipinski definition) is 2. The maximum atomic E-state index is 13.0. The molecule has 3 nitrogen and oxygen atoms in total. The second-order valence-corrected chi connectivity index (χ2v) is 5.74. The fraction of sp³-hybridized carbons (Fsp3) is 0.533. The van der Waals surface area contributed by atoms with Gasteiger partial charge in [-0.25, -0.2) is 4.39 Å². The van der Waals surface area contributed by atoms with Crippen LogP contribution >= 0.6 is 0 Å². The Morgan fingerprint density at radius 2 is 1.79 bits per heavy atom. The summed E-state index contributed by atoms with van der Waals surface area (Å²) in [7, 11) is 1.49. The van der Waals surface area contributed by atoms with E-state index in [0.717, 1.165) is 5.56 Å². The Kier molecular flexibility index (Phi) is 5.06. The van der Waals surface area contributed by atoms with Gasteiger partial charge in [-0.15, -0.1) is 0 Å². The van der Waals surface area contributed by atoms with E-state index in [-0.39, 0.29) is 23.2 Å². The smallest absolute Gasteiger partial charge is 0.249 e. The molecule has 2 atom stereocenters. The first-order valence-corrected chi connectivity index (χ1v) is 6.34. The number of amides is 1. The van der Waals surface area contributed by atoms with Gasteiger partial charge in [0, 0.05) is 7.11 Å². The molecule has 0 aliphatic heterocycles. The van der Waals surface area contributed by atoms with E-state index in [9.17, 15) is 9.18 Å². The summed E-state index contributed by atoms with van der Waals surface area (Å²) in [4.78, 5) is 12.0. The molecule has 0 aliphatic carbocycles. The molecule has 1 aromatic rings. The molecule has 0 spiro atoms. The maximum Gasteiger partial charge on any atom is 0.249 e. The number of carbonyl (C=O) groups excluding carboxylic acids is 1. The van der Waals surface area contributed by atoms with Gasteiger partial charge in [0.1, 0.15) is 11.9 Å². The topological polar surface area (TPSA) is 38.3 Å². The molecule has 0 saturated heterocycles. The van der Waals surface area contributed by atoms with Crippen LogP contribution in [0.1, 0.15) is 39.3 Å². The minimum Gasteiger partial charge on any atom is -0.372 e. The third-order valence-corrected chi connectivity index (χ3v) is 3.08. The number of benzene rings is 1. The summed E-state index contributed by atoms with van der Waals surface area (Å²) in [5.41, 5.74) is 0.701. The summed E-state index contributed by atoms with van der Waals surface area (Å²) in [5, 5.41) is 2.96. The van der Waals surface area contributed by atoms with Crippen LogP contribution in [-0.4, -0.2) is 19.1 Å². The van der Waals surface area contributed by atoms with Crippen LogP contribution in [0.4, 0.5) is 4.39 Å². The van der Waals surface area contributed by atoms with Crippen LogP contribution in [0.3, 0.4) is 0 Å². The summed E-state index contributed by atoms with van der Waals surface area (Å²) in [6, 6.07) is 6.00. The van der Waals surface area contributed by atoms with Gasteiger partial charge in [-0.1, -0.05) is 32.9 Å². The van der Waals surface area contributed by atoms with Gasteiger partial charge in [-0.2, -0.15) is 0 Å². The molecule has 0 bridgehead atoms. The molecule has 2 unspecified atom stereocenters. The Morgan fingerprint density at radius 1 is 1.26 bits per heavy atom. The molecule has 19 heavy (non-hydrogen) atoms. The Morgan fingerprint density at radius 3 is 2.21 bits per heavy atom. The van der Waals surface area contributed by atoms with Crippen molar-refractivity contribution >= 4 is 5.91 Å². The van der Waals surface area contributed by atoms with Crippen LogP contribution < -0.4 is 5.32 Å². The van der Waals surface area contributed by atoms with E-state index in [2.05, 4.69) is 5.32 Å². The summed E-state index contributed by atoms with van der Waals surface area (Å²) in [5.74, 6) is -0.459. The average molecular weight is 267 g/mol. The van der Waals surface area contributed by atoms with E-state index in [4.69, 9.17) is 4.74 Å². The number of rotatable bonds is 4. The first kappa shape index (κ1) is 15.6. The Bertz CT molecular complexity index is 423. The van der Waals surface area contributed by atoms with Crippen LogP contribution in [0.15, 0.2) is 24.3 Å². The maximum absolute atomic E-state index is 13.0. The van der Waals surface area contributed by atoms with E-state index in [1.54, 1.807) is 19.1 Å². The summed E-state index contributed by atoms with van der Waals surface area (Å²) >= 11 is 0. The van der Waals surface area contributed by atoms with Crippen LogP contribution in [0, 0.1) is 11.2 Å². The summed E-state index contributed by atoms with van der Waals surface area (Å²) in [6.45, 7) is 7.77. The van der Waals surface area contributed by atoms with Crippen molar-refractivity contribution < 1.29 is 13.9 Å². The third-order valence-electron chi connectivity index (χ3n) is 3.08. The van der Waals surface area contributed by atoms with Gasteiger partial charge in [-0.05, 0) is 30.0 Å². The SMILES string of the molecule is COC(C)C(=O)NC(c1ccc(F)cc1)C(C)(C)C. The zero-order chi connectivity index (χ0) is 14.6. The van der Waals surface area contributed by atoms with Crippen LogP contribution in [-0.2, 0) is 9.53 Å². The molecule has 0 aromatic heterocycles. The molecular formula is C15H22FNO2. The highest BCUT2D eigenvalue weighted by Crippen LogP contribution is 2.32. The zero-order valence-electron chi connectivity index (χ0n) is 12.2. The van der Waals surface area contributed by atoms with Gasteiger partial charge >= 0.3 is 0 Å². The van der Waals surface area contributed by atoms with Crippen molar-refractivity contribution in [3.63, 3.8) is 0 Å². The summed E-state index contributed by atoms with van der Waals surface area (Å²) < 4.78 is 18.0. The van der Waals surface area contributed by atoms with Crippen LogP contribution in [0.5, 0.6) is 0 Å². The van der Waals surface area contributed by atoms with Gasteiger partial charge in [0.25, 0.3) is 0 Å². The van der Waals surface area contributed by atoms with Gasteiger partial charge < -0.3 is 10.1 Å². The molecule has 0 aliphatic rings. The molecule has 0 saturated carbocycles. The highest BCUT2D eigenvalue weighted by atomic mass is 19.1. The minimum atomic E-state index is -0.509. The Hall–Kier alpha value is -1.42. The normalized spacial score (nSPS) is 14.8. The highest BCUT2D eigenvalue weighted by molar-refractivity contribution is 5.80. The first-order valence-electron chi connectivity index (χ1n) is 6.34. The molecule has 0 radical (unpaired) electrons. The lowest BCUT2D eigenvalue weighted by Gasteiger charge is -2.32. The number of nitrogens with one attached hydrogen (secondary N) is 1. The lowest BCUT2D eigenvalue weighted by atomic mass is 9.82. The predicted octanol–water partition coefficient (Wildman–Crippen LogP) is 3.06. The van der Waals surface area contributed by atoms with E-state index in [0.29, 0.717) is 0 Å². The van der Waals surface area contributed by atoms with E-state index < -0.39 is 6.10 Å². The van der Waals surface area contributed by atoms with Crippen molar-refractivity contribution in [2.75, 3.05) is 7.11 Å². The molecule has 1 N–H and O–H groups in total. The van der Waals surface area contributed by atoms with Gasteiger partial charge in [0.15, 0.2) is 0 Å². The monoisotopic (exact) mass is 267 g/mol. The van der Waals surface area contributed by atoms with E-state index in [1.807, 2.05) is 20.8 Å². The van der Waals surface area contributed by atoms with Gasteiger partial charge in [-0.3, -0.25) is 4.79 Å². The number of halogens is 1. The number of carbonyl (C=O) groups is 1. The van der Waals surface area contributed by atoms with Crippen molar-refractivity contribution in [1.82, 2.24) is 5.32 Å². The lowest BCUT2D eigenvalue weighted by Crippen LogP contribution is -2.41. The first-order chi connectivity index (χ1) is 8.75. The molecule has 0 fully saturated rings. The molecule has 106 valence electrons. The van der Waals surface area contributed by atoms with Crippen LogP contribution in [0.25, 0.3) is 0 Å². The van der Waals surface area contributed by atoms with Gasteiger partial charge in [0.2, 0.25) is 5.91 Å². The molecular weight excluding hydrogens is 245 g/mol. The molecule has 1 amide bonds. The molecule has 1 aromatic carbocycles. The number of ether oxygens (including phenoxy) is 1. The van der Waals surface area contributed by atoms with Crippen molar-refractivity contribution in [2.24, 2.45) is 5.41 Å². The second-order valence-electron chi connectivity index (χ2n) is 5.74. The third kappa shape index (κ3) is 4.31. The molecule has 0 heterocycles. The predicted molar refractivity (Wildman–Crippen MR) is 73.2 cm³/mol. The zero-order valence-corrected chi connectivity index (χ0v) is 12.2. The quantitative estimate of drug-likeness (QED) is 0.910.